The minimum atomic E-state index is -5.11. The molecule has 346 valence electrons. The SMILES string of the molecule is CCCCCC=CCC=CCCCCCCCCCC(=O)OCC(COP(=O)(O)OC1C(O)C(O)C(O)C(O)C1O)OC(=O)CCCCCCCCCCCCCCC. The molecule has 0 aromatic heterocycles. The van der Waals surface area contributed by atoms with Crippen molar-refractivity contribution < 1.29 is 63.1 Å². The summed E-state index contributed by atoms with van der Waals surface area (Å²) < 4.78 is 33.5. The molecule has 0 saturated heterocycles. The van der Waals surface area contributed by atoms with Gasteiger partial charge in [0.2, 0.25) is 0 Å². The lowest BCUT2D eigenvalue weighted by Crippen LogP contribution is -2.64. The molecule has 1 aliphatic carbocycles. The van der Waals surface area contributed by atoms with Crippen LogP contribution in [0, 0.1) is 0 Å². The maximum atomic E-state index is 12.8. The van der Waals surface area contributed by atoms with Crippen molar-refractivity contribution in [2.24, 2.45) is 0 Å². The van der Waals surface area contributed by atoms with Crippen molar-refractivity contribution in [2.45, 2.75) is 236 Å². The summed E-state index contributed by atoms with van der Waals surface area (Å²) in [5, 5.41) is 50.1. The average Bonchev–Trinajstić information content (AvgIpc) is 3.21. The van der Waals surface area contributed by atoms with Crippen LogP contribution >= 0.6 is 7.82 Å². The Balaban J connectivity index is 2.45. The van der Waals surface area contributed by atoms with Crippen LogP contribution in [0.15, 0.2) is 24.3 Å². The zero-order valence-corrected chi connectivity index (χ0v) is 37.4. The topological polar surface area (TPSA) is 210 Å². The highest BCUT2D eigenvalue weighted by atomic mass is 31.2. The van der Waals surface area contributed by atoms with Crippen molar-refractivity contribution >= 4 is 19.8 Å². The smallest absolute Gasteiger partial charge is 0.462 e. The fourth-order valence-corrected chi connectivity index (χ4v) is 8.00. The lowest BCUT2D eigenvalue weighted by molar-refractivity contribution is -0.220. The van der Waals surface area contributed by atoms with Crippen molar-refractivity contribution in [2.75, 3.05) is 13.2 Å². The number of aliphatic hydroxyl groups excluding tert-OH is 5. The number of esters is 2. The van der Waals surface area contributed by atoms with Crippen LogP contribution in [0.25, 0.3) is 0 Å². The molecule has 0 aliphatic heterocycles. The maximum absolute atomic E-state index is 12.8. The number of rotatable bonds is 38. The molecule has 6 N–H and O–H groups in total. The van der Waals surface area contributed by atoms with E-state index in [9.17, 15) is 44.6 Å². The predicted octanol–water partition coefficient (Wildman–Crippen LogP) is 8.84. The maximum Gasteiger partial charge on any atom is 0.472 e. The molecule has 0 bridgehead atoms. The molecule has 0 aromatic carbocycles. The lowest BCUT2D eigenvalue weighted by atomic mass is 9.85. The Labute approximate surface area is 356 Å². The van der Waals surface area contributed by atoms with Crippen molar-refractivity contribution in [1.82, 2.24) is 0 Å². The van der Waals surface area contributed by atoms with Gasteiger partial charge in [-0.05, 0) is 44.9 Å². The average molecular weight is 863 g/mol. The van der Waals surface area contributed by atoms with Gasteiger partial charge in [-0.15, -0.1) is 0 Å². The van der Waals surface area contributed by atoms with Crippen molar-refractivity contribution in [1.29, 1.82) is 0 Å². The summed E-state index contributed by atoms with van der Waals surface area (Å²) in [6.45, 7) is 3.27. The third-order valence-electron chi connectivity index (χ3n) is 10.8. The van der Waals surface area contributed by atoms with Crippen molar-refractivity contribution in [3.8, 4) is 0 Å². The van der Waals surface area contributed by atoms with E-state index in [-0.39, 0.29) is 12.8 Å². The molecule has 0 spiro atoms. The van der Waals surface area contributed by atoms with E-state index in [4.69, 9.17) is 18.5 Å². The minimum Gasteiger partial charge on any atom is -0.462 e. The van der Waals surface area contributed by atoms with Gasteiger partial charge < -0.3 is 39.9 Å². The fraction of sp³-hybridized carbons (Fsp3) is 0.867. The Morgan fingerprint density at radius 3 is 1.41 bits per heavy atom. The molecule has 6 unspecified atom stereocenters. The van der Waals surface area contributed by atoms with Gasteiger partial charge in [0.25, 0.3) is 0 Å². The van der Waals surface area contributed by atoms with Gasteiger partial charge in [0.15, 0.2) is 6.10 Å². The molecular formula is C45H83O13P. The van der Waals surface area contributed by atoms with Gasteiger partial charge in [0.1, 0.15) is 43.2 Å². The van der Waals surface area contributed by atoms with E-state index in [0.717, 1.165) is 70.6 Å². The van der Waals surface area contributed by atoms with Crippen LogP contribution < -0.4 is 0 Å². The van der Waals surface area contributed by atoms with Gasteiger partial charge in [-0.25, -0.2) is 4.57 Å². The van der Waals surface area contributed by atoms with E-state index in [0.29, 0.717) is 12.8 Å². The second-order valence-electron chi connectivity index (χ2n) is 16.3. The van der Waals surface area contributed by atoms with E-state index < -0.39 is 75.7 Å². The quantitative estimate of drug-likeness (QED) is 0.0149. The highest BCUT2D eigenvalue weighted by Gasteiger charge is 2.51. The molecule has 1 fully saturated rings. The Morgan fingerprint density at radius 2 is 0.915 bits per heavy atom. The number of carbonyl (C=O) groups excluding carboxylic acids is 2. The Kier molecular flexibility index (Phi) is 33.7. The second kappa shape index (κ2) is 35.9. The number of phosphoric acid groups is 1. The van der Waals surface area contributed by atoms with Crippen LogP contribution in [0.3, 0.4) is 0 Å². The van der Waals surface area contributed by atoms with Crippen LogP contribution in [0.5, 0.6) is 0 Å². The fourth-order valence-electron chi connectivity index (χ4n) is 7.02. The molecule has 0 amide bonds. The van der Waals surface area contributed by atoms with Crippen LogP contribution in [0.4, 0.5) is 0 Å². The Bertz CT molecular complexity index is 1130. The van der Waals surface area contributed by atoms with Crippen LogP contribution in [-0.4, -0.2) is 98.3 Å². The minimum absolute atomic E-state index is 0.0988. The number of ether oxygens (including phenoxy) is 2. The molecule has 0 heterocycles. The van der Waals surface area contributed by atoms with Gasteiger partial charge in [0, 0.05) is 12.8 Å². The number of allylic oxidation sites excluding steroid dienone is 4. The van der Waals surface area contributed by atoms with Gasteiger partial charge in [-0.2, -0.15) is 0 Å². The molecule has 6 atom stereocenters. The molecule has 14 heteroatoms. The molecule has 13 nitrogen and oxygen atoms in total. The summed E-state index contributed by atoms with van der Waals surface area (Å²) >= 11 is 0. The van der Waals surface area contributed by atoms with E-state index in [1.165, 1.54) is 83.5 Å². The summed E-state index contributed by atoms with van der Waals surface area (Å²) in [5.74, 6) is -1.10. The van der Waals surface area contributed by atoms with Crippen LogP contribution in [-0.2, 0) is 32.7 Å². The first-order valence-electron chi connectivity index (χ1n) is 23.1. The summed E-state index contributed by atoms with van der Waals surface area (Å²) in [6.07, 6.45) is 25.1. The van der Waals surface area contributed by atoms with Crippen LogP contribution in [0.2, 0.25) is 0 Å². The van der Waals surface area contributed by atoms with E-state index in [1.54, 1.807) is 0 Å². The van der Waals surface area contributed by atoms with Gasteiger partial charge in [-0.1, -0.05) is 160 Å². The summed E-state index contributed by atoms with van der Waals surface area (Å²) in [7, 11) is -5.11. The number of hydrogen-bond acceptors (Lipinski definition) is 12. The molecule has 0 radical (unpaired) electrons. The summed E-state index contributed by atoms with van der Waals surface area (Å²) in [5.41, 5.74) is 0. The van der Waals surface area contributed by atoms with Gasteiger partial charge >= 0.3 is 19.8 Å². The molecule has 0 aromatic rings. The van der Waals surface area contributed by atoms with Crippen molar-refractivity contribution in [3.63, 3.8) is 0 Å². The Morgan fingerprint density at radius 1 is 0.525 bits per heavy atom. The summed E-state index contributed by atoms with van der Waals surface area (Å²) in [4.78, 5) is 35.7. The van der Waals surface area contributed by atoms with Crippen molar-refractivity contribution in [3.05, 3.63) is 24.3 Å². The van der Waals surface area contributed by atoms with Crippen LogP contribution in [0.1, 0.15) is 194 Å². The van der Waals surface area contributed by atoms with E-state index in [1.807, 2.05) is 0 Å². The molecule has 59 heavy (non-hydrogen) atoms. The normalized spacial score (nSPS) is 22.5. The first-order chi connectivity index (χ1) is 28.4. The highest BCUT2D eigenvalue weighted by molar-refractivity contribution is 7.47. The molecule has 1 rings (SSSR count). The number of aliphatic hydroxyl groups is 5. The van der Waals surface area contributed by atoms with Gasteiger partial charge in [-0.3, -0.25) is 18.6 Å². The first-order valence-corrected chi connectivity index (χ1v) is 24.6. The zero-order valence-electron chi connectivity index (χ0n) is 36.6. The number of unbranched alkanes of at least 4 members (excludes halogenated alkanes) is 22. The largest absolute Gasteiger partial charge is 0.472 e. The first kappa shape index (κ1) is 55.3. The number of hydrogen-bond donors (Lipinski definition) is 6. The second-order valence-corrected chi connectivity index (χ2v) is 17.7. The van der Waals surface area contributed by atoms with E-state index in [2.05, 4.69) is 38.2 Å². The highest BCUT2D eigenvalue weighted by Crippen LogP contribution is 2.47. The summed E-state index contributed by atoms with van der Waals surface area (Å²) in [6, 6.07) is 0. The third-order valence-corrected chi connectivity index (χ3v) is 11.8. The molecular weight excluding hydrogens is 779 g/mol. The van der Waals surface area contributed by atoms with E-state index >= 15 is 0 Å². The van der Waals surface area contributed by atoms with Gasteiger partial charge in [0.05, 0.1) is 6.61 Å². The molecule has 1 saturated carbocycles. The monoisotopic (exact) mass is 863 g/mol. The zero-order chi connectivity index (χ0) is 43.6. The third kappa shape index (κ3) is 28.5. The molecule has 1 aliphatic rings. The number of phosphoric ester groups is 1. The Hall–Kier alpha value is -1.67. The lowest BCUT2D eigenvalue weighted by Gasteiger charge is -2.41. The standard InChI is InChI=1S/C45H83O13P/c1-3-5-7-9-11-13-15-17-18-19-20-22-23-25-27-29-31-33-38(46)55-35-37(36-56-59(53,54)58-45-43(51)41(49)40(48)42(50)44(45)52)57-39(47)34-32-30-28-26-24-21-16-14-12-10-8-6-4-2/h11,13,17-18,37,40-45,48-52H,3-10,12,14-16,19-36H2,1-2H3,(H,53,54). The number of carbonyl (C=O) groups is 2. The predicted molar refractivity (Wildman–Crippen MR) is 230 cm³/mol.